The lowest BCUT2D eigenvalue weighted by atomic mass is 10.2. The number of benzene rings is 1. The summed E-state index contributed by atoms with van der Waals surface area (Å²) in [6.07, 6.45) is -7.26. The second-order valence-corrected chi connectivity index (χ2v) is 4.19. The summed E-state index contributed by atoms with van der Waals surface area (Å²) >= 11 is 3.15. The van der Waals surface area contributed by atoms with E-state index in [-0.39, 0.29) is 12.4 Å². The molecule has 0 aliphatic heterocycles. The third-order valence-corrected chi connectivity index (χ3v) is 2.46. The fourth-order valence-electron chi connectivity index (χ4n) is 1.08. The highest BCUT2D eigenvalue weighted by Crippen LogP contribution is 2.25. The predicted molar refractivity (Wildman–Crippen MR) is 57.6 cm³/mol. The molecule has 1 aromatic carbocycles. The lowest BCUT2D eigenvalue weighted by Gasteiger charge is -2.16. The molecule has 17 heavy (non-hydrogen) atoms. The molecule has 0 amide bonds. The number of halogens is 4. The van der Waals surface area contributed by atoms with E-state index < -0.39 is 18.9 Å². The van der Waals surface area contributed by atoms with E-state index in [2.05, 4.69) is 15.9 Å². The van der Waals surface area contributed by atoms with Crippen molar-refractivity contribution in [1.82, 2.24) is 0 Å². The van der Waals surface area contributed by atoms with Crippen molar-refractivity contribution in [3.05, 3.63) is 28.2 Å². The molecule has 0 fully saturated rings. The molecule has 0 radical (unpaired) electrons. The number of hydrogen-bond donors (Lipinski definition) is 2. The molecule has 0 aliphatic rings. The Morgan fingerprint density at radius 2 is 2.00 bits per heavy atom. The first kappa shape index (κ1) is 14.3. The second-order valence-electron chi connectivity index (χ2n) is 3.28. The van der Waals surface area contributed by atoms with Gasteiger partial charge in [0.15, 0.2) is 6.10 Å². The predicted octanol–water partition coefficient (Wildman–Crippen LogP) is 2.24. The van der Waals surface area contributed by atoms with Crippen LogP contribution in [0.2, 0.25) is 0 Å². The van der Waals surface area contributed by atoms with Crippen LogP contribution < -0.4 is 4.74 Å². The van der Waals surface area contributed by atoms with Crippen molar-refractivity contribution in [2.24, 2.45) is 0 Å². The van der Waals surface area contributed by atoms with Crippen molar-refractivity contribution in [3.8, 4) is 5.75 Å². The normalized spacial score (nSPS) is 13.5. The van der Waals surface area contributed by atoms with Crippen LogP contribution in [0.25, 0.3) is 0 Å². The molecule has 0 bridgehead atoms. The van der Waals surface area contributed by atoms with E-state index in [0.29, 0.717) is 10.0 Å². The van der Waals surface area contributed by atoms with Crippen LogP contribution in [0.15, 0.2) is 22.7 Å². The molecule has 1 rings (SSSR count). The van der Waals surface area contributed by atoms with Gasteiger partial charge < -0.3 is 14.9 Å². The SMILES string of the molecule is OCc1cc(Br)ccc1OCC(O)C(F)(F)F. The summed E-state index contributed by atoms with van der Waals surface area (Å²) in [6.45, 7) is -1.27. The molecule has 0 aromatic heterocycles. The third-order valence-electron chi connectivity index (χ3n) is 1.97. The molecular weight excluding hydrogens is 305 g/mol. The molecule has 1 unspecified atom stereocenters. The van der Waals surface area contributed by atoms with E-state index in [9.17, 15) is 13.2 Å². The summed E-state index contributed by atoms with van der Waals surface area (Å²) in [5.41, 5.74) is 0.341. The Hall–Kier alpha value is -0.790. The molecule has 2 N–H and O–H groups in total. The Bertz CT molecular complexity index is 382. The summed E-state index contributed by atoms with van der Waals surface area (Å²) in [5.74, 6) is 0.110. The maximum absolute atomic E-state index is 12.0. The van der Waals surface area contributed by atoms with Crippen molar-refractivity contribution >= 4 is 15.9 Å². The van der Waals surface area contributed by atoms with E-state index in [1.54, 1.807) is 6.07 Å². The topological polar surface area (TPSA) is 49.7 Å². The maximum Gasteiger partial charge on any atom is 0.417 e. The zero-order valence-corrected chi connectivity index (χ0v) is 10.1. The average Bonchev–Trinajstić information content (AvgIpc) is 2.25. The zero-order valence-electron chi connectivity index (χ0n) is 8.54. The second kappa shape index (κ2) is 5.70. The highest BCUT2D eigenvalue weighted by Gasteiger charge is 2.38. The molecule has 0 saturated carbocycles. The van der Waals surface area contributed by atoms with Gasteiger partial charge in [-0.1, -0.05) is 15.9 Å². The number of alkyl halides is 3. The Balaban J connectivity index is 2.69. The van der Waals surface area contributed by atoms with E-state index in [1.807, 2.05) is 0 Å². The van der Waals surface area contributed by atoms with Gasteiger partial charge in [-0.25, -0.2) is 0 Å². The standard InChI is InChI=1S/C10H10BrF3O3/c11-7-1-2-8(6(3-7)4-15)17-5-9(16)10(12,13)14/h1-3,9,15-16H,4-5H2. The van der Waals surface area contributed by atoms with Gasteiger partial charge in [0.25, 0.3) is 0 Å². The first-order valence-electron chi connectivity index (χ1n) is 4.61. The van der Waals surface area contributed by atoms with Crippen LogP contribution in [0.5, 0.6) is 5.75 Å². The van der Waals surface area contributed by atoms with Crippen molar-refractivity contribution in [1.29, 1.82) is 0 Å². The molecule has 1 aromatic rings. The van der Waals surface area contributed by atoms with Crippen LogP contribution in [0, 0.1) is 0 Å². The highest BCUT2D eigenvalue weighted by molar-refractivity contribution is 9.10. The quantitative estimate of drug-likeness (QED) is 0.896. The van der Waals surface area contributed by atoms with Crippen LogP contribution in [0.1, 0.15) is 5.56 Å². The Morgan fingerprint density at radius 3 is 2.53 bits per heavy atom. The van der Waals surface area contributed by atoms with Crippen LogP contribution in [-0.2, 0) is 6.61 Å². The van der Waals surface area contributed by atoms with Gasteiger partial charge in [-0.05, 0) is 18.2 Å². The molecular formula is C10H10BrF3O3. The minimum absolute atomic E-state index is 0.110. The van der Waals surface area contributed by atoms with E-state index >= 15 is 0 Å². The fraction of sp³-hybridized carbons (Fsp3) is 0.400. The monoisotopic (exact) mass is 314 g/mol. The number of aliphatic hydroxyl groups excluding tert-OH is 2. The largest absolute Gasteiger partial charge is 0.490 e. The summed E-state index contributed by atoms with van der Waals surface area (Å²) in [4.78, 5) is 0. The Kier molecular flexibility index (Phi) is 4.79. The van der Waals surface area contributed by atoms with Crippen molar-refractivity contribution < 1.29 is 28.1 Å². The van der Waals surface area contributed by atoms with Crippen molar-refractivity contribution in [3.63, 3.8) is 0 Å². The van der Waals surface area contributed by atoms with Gasteiger partial charge in [-0.15, -0.1) is 0 Å². The Labute approximate surface area is 104 Å². The molecule has 0 heterocycles. The van der Waals surface area contributed by atoms with Crippen LogP contribution in [0.4, 0.5) is 13.2 Å². The number of aliphatic hydroxyl groups is 2. The third kappa shape index (κ3) is 4.18. The first-order chi connectivity index (χ1) is 7.84. The van der Waals surface area contributed by atoms with E-state index in [4.69, 9.17) is 14.9 Å². The molecule has 0 saturated heterocycles. The minimum Gasteiger partial charge on any atom is -0.490 e. The molecule has 96 valence electrons. The smallest absolute Gasteiger partial charge is 0.417 e. The van der Waals surface area contributed by atoms with Crippen LogP contribution >= 0.6 is 15.9 Å². The van der Waals surface area contributed by atoms with Gasteiger partial charge in [-0.2, -0.15) is 13.2 Å². The summed E-state index contributed by atoms with van der Waals surface area (Å²) in [5, 5.41) is 17.7. The van der Waals surface area contributed by atoms with E-state index in [0.717, 1.165) is 0 Å². The van der Waals surface area contributed by atoms with Gasteiger partial charge in [-0.3, -0.25) is 0 Å². The summed E-state index contributed by atoms with van der Waals surface area (Å²) < 4.78 is 41.5. The van der Waals surface area contributed by atoms with Crippen LogP contribution in [-0.4, -0.2) is 29.1 Å². The minimum atomic E-state index is -4.71. The lowest BCUT2D eigenvalue weighted by molar-refractivity contribution is -0.210. The highest BCUT2D eigenvalue weighted by atomic mass is 79.9. The number of rotatable bonds is 4. The number of ether oxygens (including phenoxy) is 1. The van der Waals surface area contributed by atoms with Gasteiger partial charge in [0.05, 0.1) is 6.61 Å². The summed E-state index contributed by atoms with van der Waals surface area (Å²) in [7, 11) is 0. The molecule has 0 aliphatic carbocycles. The lowest BCUT2D eigenvalue weighted by Crippen LogP contribution is -2.34. The fourth-order valence-corrected chi connectivity index (χ4v) is 1.48. The van der Waals surface area contributed by atoms with E-state index in [1.165, 1.54) is 12.1 Å². The van der Waals surface area contributed by atoms with Crippen LogP contribution in [0.3, 0.4) is 0 Å². The summed E-state index contributed by atoms with van der Waals surface area (Å²) in [6, 6.07) is 4.50. The van der Waals surface area contributed by atoms with Crippen molar-refractivity contribution in [2.45, 2.75) is 18.9 Å². The first-order valence-corrected chi connectivity index (χ1v) is 5.40. The Morgan fingerprint density at radius 1 is 1.35 bits per heavy atom. The van der Waals surface area contributed by atoms with Crippen molar-refractivity contribution in [2.75, 3.05) is 6.61 Å². The molecule has 1 atom stereocenters. The van der Waals surface area contributed by atoms with Gasteiger partial charge in [0, 0.05) is 10.0 Å². The molecule has 3 nitrogen and oxygen atoms in total. The average molecular weight is 315 g/mol. The zero-order chi connectivity index (χ0) is 13.1. The number of hydrogen-bond acceptors (Lipinski definition) is 3. The molecule has 0 spiro atoms. The van der Waals surface area contributed by atoms with Gasteiger partial charge in [0.1, 0.15) is 12.4 Å². The maximum atomic E-state index is 12.0. The van der Waals surface area contributed by atoms with Gasteiger partial charge >= 0.3 is 6.18 Å². The van der Waals surface area contributed by atoms with Gasteiger partial charge in [0.2, 0.25) is 0 Å². The molecule has 7 heteroatoms.